The second kappa shape index (κ2) is 12.8. The molecule has 1 aliphatic rings. The maximum absolute atomic E-state index is 15.0. The van der Waals surface area contributed by atoms with Gasteiger partial charge in [-0.2, -0.15) is 0 Å². The summed E-state index contributed by atoms with van der Waals surface area (Å²) < 4.78 is 26.2. The Balaban J connectivity index is 1.50. The van der Waals surface area contributed by atoms with Gasteiger partial charge in [0.15, 0.2) is 0 Å². The van der Waals surface area contributed by atoms with Gasteiger partial charge in [-0.3, -0.25) is 9.59 Å². The van der Waals surface area contributed by atoms with Crippen LogP contribution in [0.5, 0.6) is 5.75 Å². The number of thioether (sulfide) groups is 1. The molecule has 2 heterocycles. The van der Waals surface area contributed by atoms with Gasteiger partial charge in [-0.1, -0.05) is 38.7 Å². The molecular formula is C29H33FN2O4S. The molecule has 1 unspecified atom stereocenters. The van der Waals surface area contributed by atoms with Gasteiger partial charge in [0.1, 0.15) is 17.3 Å². The summed E-state index contributed by atoms with van der Waals surface area (Å²) in [6, 6.07) is 13.6. The standard InChI is InChI=1S/C29H33FN2O4S/c1-3-4-5-6-7-15-36-26-12-8-11-24(30)23(26)19-32-25-14-13-21(17-27(25)37-20(2)29(32)34)28(33)31-18-22-10-9-16-35-22/h8-14,16-17,20H,3-7,15,18-19H2,1-2H3,(H,31,33). The predicted octanol–water partition coefficient (Wildman–Crippen LogP) is 6.73. The van der Waals surface area contributed by atoms with Crippen LogP contribution in [0, 0.1) is 5.82 Å². The summed E-state index contributed by atoms with van der Waals surface area (Å²) in [6.07, 6.45) is 7.07. The highest BCUT2D eigenvalue weighted by atomic mass is 32.2. The lowest BCUT2D eigenvalue weighted by atomic mass is 10.1. The molecule has 2 amide bonds. The Morgan fingerprint density at radius 1 is 1.14 bits per heavy atom. The largest absolute Gasteiger partial charge is 0.493 e. The Kier molecular flexibility index (Phi) is 9.28. The number of ether oxygens (including phenoxy) is 1. The predicted molar refractivity (Wildman–Crippen MR) is 143 cm³/mol. The van der Waals surface area contributed by atoms with Crippen molar-refractivity contribution in [1.82, 2.24) is 5.32 Å². The van der Waals surface area contributed by atoms with Crippen molar-refractivity contribution in [1.29, 1.82) is 0 Å². The molecule has 0 radical (unpaired) electrons. The van der Waals surface area contributed by atoms with Gasteiger partial charge < -0.3 is 19.4 Å². The Bertz CT molecular complexity index is 1210. The first kappa shape index (κ1) is 26.8. The number of rotatable bonds is 12. The van der Waals surface area contributed by atoms with Crippen molar-refractivity contribution < 1.29 is 23.1 Å². The number of furan rings is 1. The highest BCUT2D eigenvalue weighted by Crippen LogP contribution is 2.41. The average Bonchev–Trinajstić information content (AvgIpc) is 3.42. The number of halogens is 1. The fourth-order valence-electron chi connectivity index (χ4n) is 4.27. The Hall–Kier alpha value is -3.26. The second-order valence-electron chi connectivity index (χ2n) is 9.11. The third kappa shape index (κ3) is 6.74. The molecule has 0 aliphatic carbocycles. The van der Waals surface area contributed by atoms with Crippen molar-refractivity contribution in [3.05, 3.63) is 77.5 Å². The molecule has 196 valence electrons. The molecule has 4 rings (SSSR count). The zero-order chi connectivity index (χ0) is 26.2. The van der Waals surface area contributed by atoms with Gasteiger partial charge in [0, 0.05) is 16.0 Å². The SMILES string of the molecule is CCCCCCCOc1cccc(F)c1CN1C(=O)C(C)Sc2cc(C(=O)NCc3ccco3)ccc21. The van der Waals surface area contributed by atoms with E-state index in [0.29, 0.717) is 34.9 Å². The first-order valence-electron chi connectivity index (χ1n) is 12.8. The number of benzene rings is 2. The van der Waals surface area contributed by atoms with E-state index in [0.717, 1.165) is 24.2 Å². The van der Waals surface area contributed by atoms with E-state index in [9.17, 15) is 14.0 Å². The summed E-state index contributed by atoms with van der Waals surface area (Å²) >= 11 is 1.40. The Morgan fingerprint density at radius 2 is 1.97 bits per heavy atom. The van der Waals surface area contributed by atoms with Gasteiger partial charge in [-0.25, -0.2) is 4.39 Å². The van der Waals surface area contributed by atoms with Gasteiger partial charge in [0.25, 0.3) is 5.91 Å². The van der Waals surface area contributed by atoms with Gasteiger partial charge in [0.2, 0.25) is 5.91 Å². The summed E-state index contributed by atoms with van der Waals surface area (Å²) in [5, 5.41) is 2.47. The molecule has 0 saturated carbocycles. The summed E-state index contributed by atoms with van der Waals surface area (Å²) in [5.74, 6) is 0.373. The molecule has 1 N–H and O–H groups in total. The van der Waals surface area contributed by atoms with Gasteiger partial charge in [-0.15, -0.1) is 11.8 Å². The van der Waals surface area contributed by atoms with Crippen LogP contribution in [0.2, 0.25) is 0 Å². The fraction of sp³-hybridized carbons (Fsp3) is 0.379. The molecule has 0 fully saturated rings. The molecule has 0 spiro atoms. The first-order chi connectivity index (χ1) is 18.0. The highest BCUT2D eigenvalue weighted by molar-refractivity contribution is 8.01. The number of anilines is 1. The Labute approximate surface area is 221 Å². The lowest BCUT2D eigenvalue weighted by Crippen LogP contribution is -2.39. The molecule has 1 atom stereocenters. The van der Waals surface area contributed by atoms with Crippen LogP contribution >= 0.6 is 11.8 Å². The van der Waals surface area contributed by atoms with E-state index in [2.05, 4.69) is 12.2 Å². The van der Waals surface area contributed by atoms with E-state index in [1.54, 1.807) is 53.6 Å². The van der Waals surface area contributed by atoms with E-state index < -0.39 is 5.82 Å². The van der Waals surface area contributed by atoms with Crippen molar-refractivity contribution in [2.75, 3.05) is 11.5 Å². The first-order valence-corrected chi connectivity index (χ1v) is 13.7. The molecule has 3 aromatic rings. The van der Waals surface area contributed by atoms with Crippen LogP contribution in [-0.2, 0) is 17.9 Å². The van der Waals surface area contributed by atoms with Crippen LogP contribution in [0.4, 0.5) is 10.1 Å². The Morgan fingerprint density at radius 3 is 2.76 bits per heavy atom. The molecule has 6 nitrogen and oxygen atoms in total. The van der Waals surface area contributed by atoms with Crippen molar-refractivity contribution in [2.24, 2.45) is 0 Å². The third-order valence-electron chi connectivity index (χ3n) is 6.33. The van der Waals surface area contributed by atoms with Gasteiger partial charge >= 0.3 is 0 Å². The monoisotopic (exact) mass is 524 g/mol. The summed E-state index contributed by atoms with van der Waals surface area (Å²) in [7, 11) is 0. The van der Waals surface area contributed by atoms with E-state index in [4.69, 9.17) is 9.15 Å². The number of nitrogens with zero attached hydrogens (tertiary/aromatic N) is 1. The molecule has 8 heteroatoms. The number of fused-ring (bicyclic) bond motifs is 1. The number of amides is 2. The van der Waals surface area contributed by atoms with Crippen molar-refractivity contribution in [3.63, 3.8) is 0 Å². The molecular weight excluding hydrogens is 491 g/mol. The molecule has 1 aromatic heterocycles. The maximum Gasteiger partial charge on any atom is 0.251 e. The number of hydrogen-bond acceptors (Lipinski definition) is 5. The van der Waals surface area contributed by atoms with Crippen LogP contribution in [0.25, 0.3) is 0 Å². The summed E-state index contributed by atoms with van der Waals surface area (Å²) in [6.45, 7) is 4.84. The minimum Gasteiger partial charge on any atom is -0.493 e. The van der Waals surface area contributed by atoms with Crippen LogP contribution in [0.3, 0.4) is 0 Å². The van der Waals surface area contributed by atoms with Crippen LogP contribution in [-0.4, -0.2) is 23.7 Å². The van der Waals surface area contributed by atoms with Crippen molar-refractivity contribution in [2.45, 2.75) is 69.2 Å². The van der Waals surface area contributed by atoms with Crippen molar-refractivity contribution >= 4 is 29.3 Å². The van der Waals surface area contributed by atoms with Crippen LogP contribution in [0.15, 0.2) is 64.1 Å². The van der Waals surface area contributed by atoms with Gasteiger partial charge in [0.05, 0.1) is 36.9 Å². The topological polar surface area (TPSA) is 71.8 Å². The zero-order valence-electron chi connectivity index (χ0n) is 21.3. The van der Waals surface area contributed by atoms with E-state index in [-0.39, 0.29) is 30.2 Å². The summed E-state index contributed by atoms with van der Waals surface area (Å²) in [4.78, 5) is 28.3. The summed E-state index contributed by atoms with van der Waals surface area (Å²) in [5.41, 5.74) is 1.50. The van der Waals surface area contributed by atoms with Gasteiger partial charge in [-0.05, 0) is 55.8 Å². The normalized spacial score (nSPS) is 14.9. The average molecular weight is 525 g/mol. The lowest BCUT2D eigenvalue weighted by molar-refractivity contribution is -0.118. The van der Waals surface area contributed by atoms with Crippen LogP contribution in [0.1, 0.15) is 67.6 Å². The maximum atomic E-state index is 15.0. The third-order valence-corrected chi connectivity index (χ3v) is 7.47. The molecule has 0 saturated heterocycles. The quantitative estimate of drug-likeness (QED) is 0.266. The molecule has 1 aliphatic heterocycles. The molecule has 2 aromatic carbocycles. The minimum atomic E-state index is -0.405. The van der Waals surface area contributed by atoms with Crippen molar-refractivity contribution in [3.8, 4) is 5.75 Å². The number of carbonyl (C=O) groups excluding carboxylic acids is 2. The zero-order valence-corrected chi connectivity index (χ0v) is 22.1. The highest BCUT2D eigenvalue weighted by Gasteiger charge is 2.32. The smallest absolute Gasteiger partial charge is 0.251 e. The molecule has 37 heavy (non-hydrogen) atoms. The number of nitrogens with one attached hydrogen (secondary N) is 1. The number of unbranched alkanes of at least 4 members (excludes halogenated alkanes) is 4. The van der Waals surface area contributed by atoms with E-state index in [1.165, 1.54) is 30.7 Å². The van der Waals surface area contributed by atoms with E-state index in [1.807, 2.05) is 6.92 Å². The molecule has 0 bridgehead atoms. The second-order valence-corrected chi connectivity index (χ2v) is 10.5. The number of hydrogen-bond donors (Lipinski definition) is 1. The fourth-order valence-corrected chi connectivity index (χ4v) is 5.37. The van der Waals surface area contributed by atoms with Crippen LogP contribution < -0.4 is 15.0 Å². The lowest BCUT2D eigenvalue weighted by Gasteiger charge is -2.33. The van der Waals surface area contributed by atoms with E-state index >= 15 is 0 Å². The number of carbonyl (C=O) groups is 2. The minimum absolute atomic E-state index is 0.0542.